The van der Waals surface area contributed by atoms with Gasteiger partial charge in [-0.25, -0.2) is 4.68 Å². The summed E-state index contributed by atoms with van der Waals surface area (Å²) in [5.74, 6) is -0.784. The Bertz CT molecular complexity index is 887. The predicted octanol–water partition coefficient (Wildman–Crippen LogP) is 1.14. The number of benzene rings is 1. The number of carbonyl (C=O) groups excluding carboxylic acids is 1. The molecule has 3 rings (SSSR count). The van der Waals surface area contributed by atoms with Crippen molar-refractivity contribution in [2.75, 3.05) is 0 Å². The Morgan fingerprint density at radius 3 is 2.77 bits per heavy atom. The van der Waals surface area contributed by atoms with Crippen LogP contribution < -0.4 is 11.5 Å². The van der Waals surface area contributed by atoms with Gasteiger partial charge in [-0.05, 0) is 19.1 Å². The lowest BCUT2D eigenvalue weighted by molar-refractivity contribution is 0.100. The summed E-state index contributed by atoms with van der Waals surface area (Å²) in [5.41, 5.74) is 13.2. The average molecular weight is 294 g/mol. The number of fused-ring (bicyclic) bond motifs is 1. The zero-order valence-corrected chi connectivity index (χ0v) is 11.9. The molecular weight excluding hydrogens is 280 g/mol. The Hall–Kier alpha value is -3.22. The second-order valence-electron chi connectivity index (χ2n) is 4.74. The van der Waals surface area contributed by atoms with E-state index in [4.69, 9.17) is 11.5 Å². The van der Waals surface area contributed by atoms with Crippen molar-refractivity contribution in [1.82, 2.24) is 14.8 Å². The summed E-state index contributed by atoms with van der Waals surface area (Å²) in [5, 5.41) is 5.22. The van der Waals surface area contributed by atoms with Gasteiger partial charge in [-0.3, -0.25) is 9.78 Å². The third kappa shape index (κ3) is 2.28. The number of hydrogen-bond donors (Lipinski definition) is 2. The molecule has 4 N–H and O–H groups in total. The van der Waals surface area contributed by atoms with Crippen molar-refractivity contribution in [3.8, 4) is 5.69 Å². The second kappa shape index (κ2) is 5.28. The predicted molar refractivity (Wildman–Crippen MR) is 83.7 cm³/mol. The standard InChI is InChI=1S/C15H14N6O/c1-9-11(14(22)20-15(16)17)8-19-21(9)13-6-7-18-12-5-3-2-4-10(12)13/h2-8H,1H3,(H4,16,17,20,22). The van der Waals surface area contributed by atoms with E-state index in [-0.39, 0.29) is 5.96 Å². The van der Waals surface area contributed by atoms with Crippen molar-refractivity contribution in [3.05, 3.63) is 54.0 Å². The Morgan fingerprint density at radius 2 is 2.00 bits per heavy atom. The third-order valence-electron chi connectivity index (χ3n) is 3.33. The Kier molecular flexibility index (Phi) is 3.30. The summed E-state index contributed by atoms with van der Waals surface area (Å²) >= 11 is 0. The zero-order chi connectivity index (χ0) is 15.7. The molecule has 0 spiro atoms. The molecule has 0 aliphatic carbocycles. The fraction of sp³-hybridized carbons (Fsp3) is 0.0667. The number of aliphatic imine (C=N–C) groups is 1. The van der Waals surface area contributed by atoms with Crippen molar-refractivity contribution in [2.45, 2.75) is 6.92 Å². The molecule has 0 bridgehead atoms. The first kappa shape index (κ1) is 13.7. The molecule has 7 heteroatoms. The molecule has 7 nitrogen and oxygen atoms in total. The Labute approximate surface area is 126 Å². The zero-order valence-electron chi connectivity index (χ0n) is 11.9. The highest BCUT2D eigenvalue weighted by atomic mass is 16.1. The van der Waals surface area contributed by atoms with Crippen molar-refractivity contribution in [1.29, 1.82) is 0 Å². The first-order valence-electron chi connectivity index (χ1n) is 6.60. The van der Waals surface area contributed by atoms with Gasteiger partial charge in [-0.1, -0.05) is 18.2 Å². The van der Waals surface area contributed by atoms with Crippen LogP contribution in [0.1, 0.15) is 16.1 Å². The van der Waals surface area contributed by atoms with Crippen molar-refractivity contribution >= 4 is 22.8 Å². The van der Waals surface area contributed by atoms with E-state index < -0.39 is 5.91 Å². The Morgan fingerprint density at radius 1 is 1.23 bits per heavy atom. The van der Waals surface area contributed by atoms with Gasteiger partial charge in [0.25, 0.3) is 5.91 Å². The maximum atomic E-state index is 12.0. The first-order chi connectivity index (χ1) is 10.6. The van der Waals surface area contributed by atoms with E-state index in [1.807, 2.05) is 30.3 Å². The summed E-state index contributed by atoms with van der Waals surface area (Å²) in [6.45, 7) is 1.79. The van der Waals surface area contributed by atoms with Crippen LogP contribution in [0.15, 0.2) is 47.7 Å². The van der Waals surface area contributed by atoms with Crippen LogP contribution in [0.2, 0.25) is 0 Å². The molecule has 0 saturated carbocycles. The fourth-order valence-corrected chi connectivity index (χ4v) is 2.31. The number of pyridine rings is 1. The highest BCUT2D eigenvalue weighted by molar-refractivity contribution is 6.02. The number of amides is 1. The van der Waals surface area contributed by atoms with Crippen LogP contribution in [0.4, 0.5) is 0 Å². The average Bonchev–Trinajstić information content (AvgIpc) is 2.87. The van der Waals surface area contributed by atoms with E-state index in [9.17, 15) is 4.79 Å². The minimum atomic E-state index is -0.512. The van der Waals surface area contributed by atoms with Gasteiger partial charge in [0.05, 0.1) is 28.7 Å². The number of nitrogens with two attached hydrogens (primary N) is 2. The molecular formula is C15H14N6O. The van der Waals surface area contributed by atoms with Gasteiger partial charge in [-0.15, -0.1) is 0 Å². The number of carbonyl (C=O) groups is 1. The molecule has 3 aromatic rings. The van der Waals surface area contributed by atoms with E-state index in [2.05, 4.69) is 15.1 Å². The van der Waals surface area contributed by atoms with E-state index in [0.29, 0.717) is 11.3 Å². The summed E-state index contributed by atoms with van der Waals surface area (Å²) in [4.78, 5) is 19.8. The van der Waals surface area contributed by atoms with Crippen LogP contribution >= 0.6 is 0 Å². The van der Waals surface area contributed by atoms with Crippen LogP contribution in [0, 0.1) is 6.92 Å². The summed E-state index contributed by atoms with van der Waals surface area (Å²) in [6, 6.07) is 9.57. The number of guanidine groups is 1. The second-order valence-corrected chi connectivity index (χ2v) is 4.74. The normalized spacial score (nSPS) is 10.6. The number of nitrogens with zero attached hydrogens (tertiary/aromatic N) is 4. The quantitative estimate of drug-likeness (QED) is 0.543. The first-order valence-corrected chi connectivity index (χ1v) is 6.60. The third-order valence-corrected chi connectivity index (χ3v) is 3.33. The lowest BCUT2D eigenvalue weighted by Crippen LogP contribution is -2.24. The summed E-state index contributed by atoms with van der Waals surface area (Å²) in [7, 11) is 0. The van der Waals surface area contributed by atoms with Crippen molar-refractivity contribution in [3.63, 3.8) is 0 Å². The van der Waals surface area contributed by atoms with Crippen LogP contribution in [-0.2, 0) is 0 Å². The van der Waals surface area contributed by atoms with E-state index >= 15 is 0 Å². The van der Waals surface area contributed by atoms with Gasteiger partial charge < -0.3 is 11.5 Å². The number of para-hydroxylation sites is 1. The number of aromatic nitrogens is 3. The minimum absolute atomic E-state index is 0.272. The van der Waals surface area contributed by atoms with Gasteiger partial charge in [0, 0.05) is 11.6 Å². The monoisotopic (exact) mass is 294 g/mol. The summed E-state index contributed by atoms with van der Waals surface area (Å²) < 4.78 is 1.68. The lowest BCUT2D eigenvalue weighted by atomic mass is 10.2. The smallest absolute Gasteiger partial charge is 0.283 e. The maximum Gasteiger partial charge on any atom is 0.283 e. The molecule has 0 aliphatic rings. The van der Waals surface area contributed by atoms with E-state index in [1.54, 1.807) is 17.8 Å². The maximum absolute atomic E-state index is 12.0. The van der Waals surface area contributed by atoms with Gasteiger partial charge in [-0.2, -0.15) is 10.1 Å². The Balaban J connectivity index is 2.15. The van der Waals surface area contributed by atoms with E-state index in [1.165, 1.54) is 6.20 Å². The van der Waals surface area contributed by atoms with Crippen LogP contribution in [-0.4, -0.2) is 26.6 Å². The van der Waals surface area contributed by atoms with E-state index in [0.717, 1.165) is 16.6 Å². The van der Waals surface area contributed by atoms with Crippen LogP contribution in [0.25, 0.3) is 16.6 Å². The van der Waals surface area contributed by atoms with Crippen molar-refractivity contribution < 1.29 is 4.79 Å². The molecule has 0 fully saturated rings. The topological polar surface area (TPSA) is 112 Å². The highest BCUT2D eigenvalue weighted by Crippen LogP contribution is 2.22. The SMILES string of the molecule is Cc1c(C(=O)N=C(N)N)cnn1-c1ccnc2ccccc12. The van der Waals surface area contributed by atoms with Crippen LogP contribution in [0.5, 0.6) is 0 Å². The lowest BCUT2D eigenvalue weighted by Gasteiger charge is -2.08. The molecule has 0 radical (unpaired) electrons. The molecule has 0 saturated heterocycles. The molecule has 0 unspecified atom stereocenters. The van der Waals surface area contributed by atoms with Crippen LogP contribution in [0.3, 0.4) is 0 Å². The van der Waals surface area contributed by atoms with Crippen molar-refractivity contribution in [2.24, 2.45) is 16.5 Å². The molecule has 22 heavy (non-hydrogen) atoms. The van der Waals surface area contributed by atoms with Gasteiger partial charge in [0.15, 0.2) is 5.96 Å². The molecule has 1 amide bonds. The molecule has 0 atom stereocenters. The number of hydrogen-bond acceptors (Lipinski definition) is 3. The summed E-state index contributed by atoms with van der Waals surface area (Å²) in [6.07, 6.45) is 3.16. The van der Waals surface area contributed by atoms with Gasteiger partial charge in [0.2, 0.25) is 0 Å². The minimum Gasteiger partial charge on any atom is -0.370 e. The highest BCUT2D eigenvalue weighted by Gasteiger charge is 2.16. The molecule has 0 aliphatic heterocycles. The van der Waals surface area contributed by atoms with Gasteiger partial charge in [0.1, 0.15) is 0 Å². The van der Waals surface area contributed by atoms with Gasteiger partial charge >= 0.3 is 0 Å². The molecule has 2 aromatic heterocycles. The number of rotatable bonds is 2. The molecule has 110 valence electrons. The molecule has 2 heterocycles. The largest absolute Gasteiger partial charge is 0.370 e. The fourth-order valence-electron chi connectivity index (χ4n) is 2.31. The molecule has 1 aromatic carbocycles.